The molecule has 0 atom stereocenters. The van der Waals surface area contributed by atoms with Crippen molar-refractivity contribution in [1.82, 2.24) is 0 Å². The van der Waals surface area contributed by atoms with Crippen LogP contribution in [0.3, 0.4) is 0 Å². The van der Waals surface area contributed by atoms with Gasteiger partial charge in [-0.05, 0) is 0 Å². The SMILES string of the molecule is [O]=[Nb].[O]=[Yb]. The van der Waals surface area contributed by atoms with Crippen LogP contribution in [0, 0.1) is 44.8 Å². The van der Waals surface area contributed by atoms with Crippen molar-refractivity contribution in [3.8, 4) is 0 Å². The molecule has 4 heavy (non-hydrogen) atoms. The fourth-order valence-corrected chi connectivity index (χ4v) is 0. The zero-order valence-electron chi connectivity index (χ0n) is 1.53. The van der Waals surface area contributed by atoms with Gasteiger partial charge >= 0.3 is 69.4 Å². The average Bonchev–Trinajstić information content (AvgIpc) is 1.50. The first kappa shape index (κ1) is 9.29. The van der Waals surface area contributed by atoms with Crippen LogP contribution >= 0.6 is 0 Å². The van der Waals surface area contributed by atoms with E-state index in [0.717, 1.165) is 0 Å². The Bertz CT molecular complexity index is 8.00. The van der Waals surface area contributed by atoms with E-state index in [2.05, 4.69) is 0 Å². The van der Waals surface area contributed by atoms with Crippen molar-refractivity contribution in [2.24, 2.45) is 0 Å². The molecule has 0 saturated carbocycles. The van der Waals surface area contributed by atoms with Crippen LogP contribution < -0.4 is 0 Å². The van der Waals surface area contributed by atoms with E-state index in [1.54, 1.807) is 0 Å². The Morgan fingerprint density at radius 3 is 1.25 bits per heavy atom. The van der Waals surface area contributed by atoms with Crippen molar-refractivity contribution >= 4 is 0 Å². The predicted molar refractivity (Wildman–Crippen MR) is 1.37 cm³/mol. The maximum absolute atomic E-state index is 8.30. The molecular weight excluding hydrogens is 298 g/mol. The summed E-state index contributed by atoms with van der Waals surface area (Å²) in [5, 5.41) is 0. The van der Waals surface area contributed by atoms with Gasteiger partial charge in [0.2, 0.25) is 0 Å². The third-order valence-electron chi connectivity index (χ3n) is 0. The zero-order valence-corrected chi connectivity index (χ0v) is 5.44. The molecule has 0 aromatic heterocycles. The molecule has 0 rings (SSSR count). The standard InChI is InChI=1S/Nb.2O.Yb. The molecule has 0 heterocycles. The fraction of sp³-hybridized carbons (Fsp3) is 0. The Labute approximate surface area is 67.8 Å². The topological polar surface area (TPSA) is 34.1 Å². The van der Waals surface area contributed by atoms with Gasteiger partial charge in [0.15, 0.2) is 0 Å². The molecule has 0 saturated heterocycles. The van der Waals surface area contributed by atoms with Gasteiger partial charge in [-0.25, -0.2) is 0 Å². The van der Waals surface area contributed by atoms with Crippen LogP contribution in [0.4, 0.5) is 0 Å². The van der Waals surface area contributed by atoms with E-state index in [1.807, 2.05) is 0 Å². The van der Waals surface area contributed by atoms with Gasteiger partial charge in [0.1, 0.15) is 0 Å². The first-order chi connectivity index (χ1) is 2.00. The summed E-state index contributed by atoms with van der Waals surface area (Å²) in [4.78, 5) is 0. The van der Waals surface area contributed by atoms with Crippen LogP contribution in [0.5, 0.6) is 0 Å². The van der Waals surface area contributed by atoms with Gasteiger partial charge in [-0.15, -0.1) is 0 Å². The van der Waals surface area contributed by atoms with Crippen molar-refractivity contribution in [2.45, 2.75) is 0 Å². The van der Waals surface area contributed by atoms with Gasteiger partial charge in [0.05, 0.1) is 0 Å². The van der Waals surface area contributed by atoms with Crippen molar-refractivity contribution in [3.63, 3.8) is 0 Å². The molecular formula is NbO2Yb. The van der Waals surface area contributed by atoms with Gasteiger partial charge in [-0.3, -0.25) is 0 Å². The van der Waals surface area contributed by atoms with E-state index in [1.165, 1.54) is 44.8 Å². The van der Waals surface area contributed by atoms with Crippen LogP contribution in [0.15, 0.2) is 0 Å². The molecule has 0 unspecified atom stereocenters. The average molecular weight is 298 g/mol. The van der Waals surface area contributed by atoms with E-state index < -0.39 is 0 Å². The fourth-order valence-electron chi connectivity index (χ4n) is 0. The van der Waals surface area contributed by atoms with Crippen LogP contribution in [-0.2, 0) is 24.6 Å². The Hall–Kier alpha value is 1.86. The molecule has 0 aromatic rings. The Balaban J connectivity index is 0. The summed E-state index contributed by atoms with van der Waals surface area (Å²) in [6.45, 7) is 0. The van der Waals surface area contributed by atoms with E-state index in [4.69, 9.17) is 3.54 Å². The Kier molecular flexibility index (Phi) is 48.6. The van der Waals surface area contributed by atoms with Gasteiger partial charge < -0.3 is 0 Å². The van der Waals surface area contributed by atoms with E-state index >= 15 is 0 Å². The monoisotopic (exact) mass is 299 g/mol. The molecule has 0 N–H and O–H groups in total. The molecule has 0 aromatic carbocycles. The Morgan fingerprint density at radius 2 is 1.25 bits per heavy atom. The number of hydrogen-bond acceptors (Lipinski definition) is 2. The molecule has 0 fully saturated rings. The van der Waals surface area contributed by atoms with Crippen LogP contribution in [0.2, 0.25) is 0 Å². The molecule has 0 spiro atoms. The minimum atomic E-state index is 0.500. The van der Waals surface area contributed by atoms with Gasteiger partial charge in [-0.2, -0.15) is 0 Å². The van der Waals surface area contributed by atoms with E-state index in [9.17, 15) is 0 Å². The summed E-state index contributed by atoms with van der Waals surface area (Å²) in [6.07, 6.45) is 0. The first-order valence-corrected chi connectivity index (χ1v) is 1.89. The van der Waals surface area contributed by atoms with Gasteiger partial charge in [0.25, 0.3) is 0 Å². The maximum atomic E-state index is 8.30. The minimum absolute atomic E-state index is 0.500. The molecule has 0 radical (unpaired) electrons. The van der Waals surface area contributed by atoms with Crippen LogP contribution in [0.1, 0.15) is 0 Å². The molecule has 31 valence electrons. The van der Waals surface area contributed by atoms with E-state index in [-0.39, 0.29) is 0 Å². The summed E-state index contributed by atoms with van der Waals surface area (Å²) < 4.78 is 16.4. The summed E-state index contributed by atoms with van der Waals surface area (Å²) >= 11 is 1.94. The van der Waals surface area contributed by atoms with Crippen molar-refractivity contribution < 1.29 is 69.4 Å². The molecule has 2 nitrogen and oxygen atoms in total. The number of hydrogen-bond donors (Lipinski definition) is 0. The van der Waals surface area contributed by atoms with Crippen LogP contribution in [0.25, 0.3) is 0 Å². The molecule has 0 amide bonds. The van der Waals surface area contributed by atoms with Gasteiger partial charge in [0, 0.05) is 0 Å². The predicted octanol–water partition coefficient (Wildman–Crippen LogP) is -0.240. The number of rotatable bonds is 0. The molecule has 0 aliphatic rings. The molecule has 0 bridgehead atoms. The second kappa shape index (κ2) is 20.9. The summed E-state index contributed by atoms with van der Waals surface area (Å²) in [5.74, 6) is 0. The molecule has 0 aliphatic heterocycles. The quantitative estimate of drug-likeness (QED) is 0.579. The van der Waals surface area contributed by atoms with E-state index in [0.29, 0.717) is 21.0 Å². The first-order valence-electron chi connectivity index (χ1n) is 0.292. The van der Waals surface area contributed by atoms with Crippen molar-refractivity contribution in [1.29, 1.82) is 0 Å². The molecule has 4 heteroatoms. The van der Waals surface area contributed by atoms with Crippen molar-refractivity contribution in [3.05, 3.63) is 0 Å². The Morgan fingerprint density at radius 1 is 1.25 bits per heavy atom. The third-order valence-corrected chi connectivity index (χ3v) is 0. The summed E-state index contributed by atoms with van der Waals surface area (Å²) in [7, 11) is 0. The second-order valence-electron chi connectivity index (χ2n) is 0. The van der Waals surface area contributed by atoms with Crippen LogP contribution in [-0.4, -0.2) is 0 Å². The summed E-state index contributed by atoms with van der Waals surface area (Å²) in [6, 6.07) is 0. The van der Waals surface area contributed by atoms with Gasteiger partial charge in [-0.1, -0.05) is 0 Å². The normalized spacial score (nSPS) is 2.25. The third kappa shape index (κ3) is 9.13. The van der Waals surface area contributed by atoms with Crippen molar-refractivity contribution in [2.75, 3.05) is 0 Å². The second-order valence-corrected chi connectivity index (χ2v) is 0. The zero-order chi connectivity index (χ0) is 4.00. The molecule has 0 aliphatic carbocycles. The summed E-state index contributed by atoms with van der Waals surface area (Å²) in [5.41, 5.74) is 0.